The molecular weight excluding hydrogens is 300 g/mol. The minimum Gasteiger partial charge on any atom is -0.378 e. The van der Waals surface area contributed by atoms with Gasteiger partial charge in [-0.2, -0.15) is 0 Å². The lowest BCUT2D eigenvalue weighted by Gasteiger charge is -2.27. The molecule has 126 valence electrons. The van der Waals surface area contributed by atoms with E-state index in [0.29, 0.717) is 5.69 Å². The van der Waals surface area contributed by atoms with Crippen molar-refractivity contribution in [2.45, 2.75) is 19.3 Å². The molecule has 0 saturated carbocycles. The van der Waals surface area contributed by atoms with Gasteiger partial charge in [0, 0.05) is 38.6 Å². The van der Waals surface area contributed by atoms with Crippen LogP contribution in [0.15, 0.2) is 42.5 Å². The van der Waals surface area contributed by atoms with Crippen molar-refractivity contribution in [1.29, 1.82) is 0 Å². The molecule has 1 aromatic carbocycles. The summed E-state index contributed by atoms with van der Waals surface area (Å²) in [6.07, 6.45) is 3.66. The number of carbonyl (C=O) groups excluding carboxylic acids is 1. The first-order valence-corrected chi connectivity index (χ1v) is 8.44. The Bertz CT molecular complexity index is 691. The summed E-state index contributed by atoms with van der Waals surface area (Å²) in [7, 11) is 3.98. The number of anilines is 3. The van der Waals surface area contributed by atoms with Crippen LogP contribution in [0.1, 0.15) is 29.8 Å². The molecule has 0 atom stereocenters. The maximum absolute atomic E-state index is 12.5. The van der Waals surface area contributed by atoms with E-state index in [0.717, 1.165) is 30.3 Å². The van der Waals surface area contributed by atoms with Gasteiger partial charge in [0.2, 0.25) is 0 Å². The molecule has 1 aliphatic rings. The maximum atomic E-state index is 12.5. The smallest absolute Gasteiger partial charge is 0.274 e. The normalized spacial score (nSPS) is 14.3. The summed E-state index contributed by atoms with van der Waals surface area (Å²) in [5, 5.41) is 2.92. The fourth-order valence-electron chi connectivity index (χ4n) is 2.89. The van der Waals surface area contributed by atoms with Gasteiger partial charge in [-0.15, -0.1) is 0 Å². The first kappa shape index (κ1) is 16.3. The Morgan fingerprint density at radius 2 is 1.75 bits per heavy atom. The first-order valence-electron chi connectivity index (χ1n) is 8.44. The number of carbonyl (C=O) groups is 1. The third-order valence-corrected chi connectivity index (χ3v) is 4.29. The lowest BCUT2D eigenvalue weighted by molar-refractivity contribution is 0.102. The zero-order chi connectivity index (χ0) is 16.9. The molecule has 1 fully saturated rings. The molecule has 0 spiro atoms. The SMILES string of the molecule is CN(C)c1ccc(NC(=O)c2cccc(N3CCCCC3)n2)cc1. The molecule has 2 heterocycles. The van der Waals surface area contributed by atoms with Crippen LogP contribution in [0.4, 0.5) is 17.2 Å². The topological polar surface area (TPSA) is 48.5 Å². The maximum Gasteiger partial charge on any atom is 0.274 e. The fraction of sp³-hybridized carbons (Fsp3) is 0.368. The van der Waals surface area contributed by atoms with Crippen molar-refractivity contribution < 1.29 is 4.79 Å². The van der Waals surface area contributed by atoms with E-state index < -0.39 is 0 Å². The molecule has 2 aromatic rings. The van der Waals surface area contributed by atoms with Gasteiger partial charge in [-0.3, -0.25) is 4.79 Å². The molecule has 1 saturated heterocycles. The van der Waals surface area contributed by atoms with Gasteiger partial charge in [-0.05, 0) is 55.7 Å². The minimum absolute atomic E-state index is 0.175. The molecule has 0 radical (unpaired) electrons. The van der Waals surface area contributed by atoms with E-state index in [1.807, 2.05) is 55.4 Å². The molecule has 1 aliphatic heterocycles. The van der Waals surface area contributed by atoms with Crippen molar-refractivity contribution in [3.05, 3.63) is 48.2 Å². The van der Waals surface area contributed by atoms with E-state index >= 15 is 0 Å². The van der Waals surface area contributed by atoms with Crippen molar-refractivity contribution in [3.8, 4) is 0 Å². The zero-order valence-corrected chi connectivity index (χ0v) is 14.3. The van der Waals surface area contributed by atoms with Crippen molar-refractivity contribution in [3.63, 3.8) is 0 Å². The number of aromatic nitrogens is 1. The predicted octanol–water partition coefficient (Wildman–Crippen LogP) is 3.39. The molecule has 1 N–H and O–H groups in total. The Hall–Kier alpha value is -2.56. The predicted molar refractivity (Wildman–Crippen MR) is 99.0 cm³/mol. The van der Waals surface area contributed by atoms with Crippen LogP contribution in [-0.4, -0.2) is 38.1 Å². The standard InChI is InChI=1S/C19H24N4O/c1-22(2)16-11-9-15(10-12-16)20-19(24)17-7-6-8-18(21-17)23-13-4-3-5-14-23/h6-12H,3-5,13-14H2,1-2H3,(H,20,24). The average molecular weight is 324 g/mol. The Balaban J connectivity index is 1.70. The van der Waals surface area contributed by atoms with Gasteiger partial charge in [0.25, 0.3) is 5.91 Å². The van der Waals surface area contributed by atoms with E-state index in [1.165, 1.54) is 19.3 Å². The number of nitrogens with one attached hydrogen (secondary N) is 1. The Labute approximate surface area is 143 Å². The van der Waals surface area contributed by atoms with E-state index in [1.54, 1.807) is 6.07 Å². The van der Waals surface area contributed by atoms with E-state index in [9.17, 15) is 4.79 Å². The van der Waals surface area contributed by atoms with Crippen molar-refractivity contribution in [1.82, 2.24) is 4.98 Å². The van der Waals surface area contributed by atoms with Crippen molar-refractivity contribution in [2.24, 2.45) is 0 Å². The van der Waals surface area contributed by atoms with Crippen LogP contribution in [-0.2, 0) is 0 Å². The largest absolute Gasteiger partial charge is 0.378 e. The van der Waals surface area contributed by atoms with Crippen molar-refractivity contribution in [2.75, 3.05) is 42.3 Å². The Morgan fingerprint density at radius 3 is 2.42 bits per heavy atom. The highest BCUT2D eigenvalue weighted by Gasteiger charge is 2.14. The van der Waals surface area contributed by atoms with E-state index in [-0.39, 0.29) is 5.91 Å². The number of piperidine rings is 1. The molecule has 3 rings (SSSR count). The summed E-state index contributed by atoms with van der Waals surface area (Å²) < 4.78 is 0. The van der Waals surface area contributed by atoms with Gasteiger partial charge in [0.15, 0.2) is 0 Å². The van der Waals surface area contributed by atoms with Crippen LogP contribution >= 0.6 is 0 Å². The third-order valence-electron chi connectivity index (χ3n) is 4.29. The number of pyridine rings is 1. The Kier molecular flexibility index (Phi) is 4.99. The summed E-state index contributed by atoms with van der Waals surface area (Å²) >= 11 is 0. The quantitative estimate of drug-likeness (QED) is 0.936. The van der Waals surface area contributed by atoms with Gasteiger partial charge in [-0.1, -0.05) is 6.07 Å². The van der Waals surface area contributed by atoms with Gasteiger partial charge in [0.1, 0.15) is 11.5 Å². The zero-order valence-electron chi connectivity index (χ0n) is 14.3. The van der Waals surface area contributed by atoms with Gasteiger partial charge in [0.05, 0.1) is 0 Å². The van der Waals surface area contributed by atoms with Crippen LogP contribution in [0.5, 0.6) is 0 Å². The second-order valence-corrected chi connectivity index (χ2v) is 6.32. The summed E-state index contributed by atoms with van der Waals surface area (Å²) in [4.78, 5) is 21.3. The lowest BCUT2D eigenvalue weighted by Crippen LogP contribution is -2.30. The van der Waals surface area contributed by atoms with E-state index in [2.05, 4.69) is 15.2 Å². The lowest BCUT2D eigenvalue weighted by atomic mass is 10.1. The van der Waals surface area contributed by atoms with Gasteiger partial charge >= 0.3 is 0 Å². The second-order valence-electron chi connectivity index (χ2n) is 6.32. The number of rotatable bonds is 4. The van der Waals surface area contributed by atoms with Gasteiger partial charge in [-0.25, -0.2) is 4.98 Å². The van der Waals surface area contributed by atoms with Crippen LogP contribution in [0, 0.1) is 0 Å². The molecule has 0 aliphatic carbocycles. The number of hydrogen-bond acceptors (Lipinski definition) is 4. The molecule has 5 nitrogen and oxygen atoms in total. The minimum atomic E-state index is -0.175. The summed E-state index contributed by atoms with van der Waals surface area (Å²) in [5.41, 5.74) is 2.32. The number of hydrogen-bond donors (Lipinski definition) is 1. The molecule has 0 bridgehead atoms. The van der Waals surface area contributed by atoms with Crippen LogP contribution in [0.3, 0.4) is 0 Å². The van der Waals surface area contributed by atoms with Crippen LogP contribution in [0.2, 0.25) is 0 Å². The summed E-state index contributed by atoms with van der Waals surface area (Å²) in [6, 6.07) is 13.4. The third kappa shape index (κ3) is 3.85. The molecule has 24 heavy (non-hydrogen) atoms. The number of benzene rings is 1. The molecule has 1 aromatic heterocycles. The monoisotopic (exact) mass is 324 g/mol. The molecule has 0 unspecified atom stereocenters. The van der Waals surface area contributed by atoms with Crippen molar-refractivity contribution >= 4 is 23.1 Å². The highest BCUT2D eigenvalue weighted by atomic mass is 16.1. The highest BCUT2D eigenvalue weighted by molar-refractivity contribution is 6.03. The van der Waals surface area contributed by atoms with Crippen LogP contribution < -0.4 is 15.1 Å². The summed E-state index contributed by atoms with van der Waals surface area (Å²) in [5.74, 6) is 0.719. The number of nitrogens with zero attached hydrogens (tertiary/aromatic N) is 3. The molecular formula is C19H24N4O. The molecule has 1 amide bonds. The highest BCUT2D eigenvalue weighted by Crippen LogP contribution is 2.19. The fourth-order valence-corrected chi connectivity index (χ4v) is 2.89. The summed E-state index contributed by atoms with van der Waals surface area (Å²) in [6.45, 7) is 2.04. The Morgan fingerprint density at radius 1 is 1.04 bits per heavy atom. The van der Waals surface area contributed by atoms with Gasteiger partial charge < -0.3 is 15.1 Å². The van der Waals surface area contributed by atoms with E-state index in [4.69, 9.17) is 0 Å². The van der Waals surface area contributed by atoms with Crippen LogP contribution in [0.25, 0.3) is 0 Å². The molecule has 5 heteroatoms. The second kappa shape index (κ2) is 7.34. The number of amides is 1. The first-order chi connectivity index (χ1) is 11.6. The average Bonchev–Trinajstić information content (AvgIpc) is 2.63.